The second-order valence-corrected chi connectivity index (χ2v) is 11.8. The van der Waals surface area contributed by atoms with E-state index in [0.717, 1.165) is 44.0 Å². The quantitative estimate of drug-likeness (QED) is 0.437. The summed E-state index contributed by atoms with van der Waals surface area (Å²) in [5.74, 6) is 0.490. The molecule has 0 radical (unpaired) electrons. The van der Waals surface area contributed by atoms with Crippen molar-refractivity contribution in [3.63, 3.8) is 0 Å². The van der Waals surface area contributed by atoms with Crippen molar-refractivity contribution < 1.29 is 13.7 Å². The van der Waals surface area contributed by atoms with Gasteiger partial charge in [0.05, 0.1) is 31.3 Å². The molecule has 2 heterocycles. The molecule has 168 valence electrons. The third-order valence-corrected chi connectivity index (χ3v) is 8.46. The molecule has 0 aliphatic carbocycles. The Morgan fingerprint density at radius 2 is 1.94 bits per heavy atom. The Kier molecular flexibility index (Phi) is 7.39. The lowest BCUT2D eigenvalue weighted by Crippen LogP contribution is -2.36. The largest absolute Gasteiger partial charge is 0.397 e. The summed E-state index contributed by atoms with van der Waals surface area (Å²) in [4.78, 5) is 15.0. The molecule has 1 saturated heterocycles. The van der Waals surface area contributed by atoms with E-state index >= 15 is 0 Å². The fraction of sp³-hybridized carbons (Fsp3) is 0.458. The highest BCUT2D eigenvalue weighted by molar-refractivity contribution is 7.87. The number of carbonyl (C=O) groups is 1. The van der Waals surface area contributed by atoms with Crippen LogP contribution >= 0.6 is 11.3 Å². The SMILES string of the molecule is C=C(N(CC1CCOCC1)c1ccc(S(=O)c2ccc(C(C)=O)s2)cc1N)C(C)(C)C. The molecular weight excluding hydrogens is 428 g/mol. The van der Waals surface area contributed by atoms with E-state index in [1.165, 1.54) is 18.3 Å². The number of nitrogen functional groups attached to an aromatic ring is 1. The van der Waals surface area contributed by atoms with Crippen LogP contribution in [0, 0.1) is 11.3 Å². The first-order valence-corrected chi connectivity index (χ1v) is 12.5. The molecule has 1 fully saturated rings. The van der Waals surface area contributed by atoms with Crippen molar-refractivity contribution in [3.8, 4) is 0 Å². The molecule has 1 aromatic carbocycles. The normalized spacial score (nSPS) is 16.1. The van der Waals surface area contributed by atoms with E-state index in [-0.39, 0.29) is 11.2 Å². The number of hydrogen-bond acceptors (Lipinski definition) is 6. The van der Waals surface area contributed by atoms with Gasteiger partial charge >= 0.3 is 0 Å². The number of rotatable bonds is 7. The highest BCUT2D eigenvalue weighted by atomic mass is 32.2. The third kappa shape index (κ3) is 5.64. The number of nitrogens with two attached hydrogens (primary N) is 1. The molecule has 2 N–H and O–H groups in total. The van der Waals surface area contributed by atoms with Gasteiger partial charge in [-0.25, -0.2) is 4.21 Å². The molecule has 0 bridgehead atoms. The molecule has 1 aromatic heterocycles. The van der Waals surface area contributed by atoms with Gasteiger partial charge in [0.15, 0.2) is 5.78 Å². The Labute approximate surface area is 191 Å². The molecule has 2 aromatic rings. The minimum atomic E-state index is -1.38. The minimum Gasteiger partial charge on any atom is -0.397 e. The zero-order valence-corrected chi connectivity index (χ0v) is 20.4. The summed E-state index contributed by atoms with van der Waals surface area (Å²) in [6.45, 7) is 14.8. The van der Waals surface area contributed by atoms with E-state index in [0.29, 0.717) is 25.6 Å². The second kappa shape index (κ2) is 9.67. The van der Waals surface area contributed by atoms with Crippen LogP contribution in [-0.2, 0) is 15.5 Å². The van der Waals surface area contributed by atoms with Crippen LogP contribution in [0.25, 0.3) is 0 Å². The van der Waals surface area contributed by atoms with E-state index in [2.05, 4.69) is 32.3 Å². The Morgan fingerprint density at radius 3 is 2.48 bits per heavy atom. The lowest BCUT2D eigenvalue weighted by atomic mass is 9.90. The van der Waals surface area contributed by atoms with Gasteiger partial charge in [-0.2, -0.15) is 0 Å². The van der Waals surface area contributed by atoms with Crippen molar-refractivity contribution >= 4 is 39.3 Å². The molecule has 3 rings (SSSR count). The van der Waals surface area contributed by atoms with Crippen LogP contribution in [0.2, 0.25) is 0 Å². The summed E-state index contributed by atoms with van der Waals surface area (Å²) in [5.41, 5.74) is 8.84. The smallest absolute Gasteiger partial charge is 0.169 e. The first-order valence-electron chi connectivity index (χ1n) is 10.5. The monoisotopic (exact) mass is 460 g/mol. The highest BCUT2D eigenvalue weighted by Crippen LogP contribution is 2.37. The number of hydrogen-bond donors (Lipinski definition) is 1. The third-order valence-electron chi connectivity index (χ3n) is 5.59. The maximum absolute atomic E-state index is 13.0. The van der Waals surface area contributed by atoms with E-state index < -0.39 is 10.8 Å². The fourth-order valence-corrected chi connectivity index (χ4v) is 5.91. The standard InChI is InChI=1S/C24H32N2O3S2/c1-16(27)22-8-9-23(30-22)31(28)19-6-7-21(20(25)14-19)26(17(2)24(3,4)5)15-18-10-12-29-13-11-18/h6-9,14,18H,2,10-13,15,25H2,1,3-5H3. The van der Waals surface area contributed by atoms with Crippen molar-refractivity contribution in [2.75, 3.05) is 30.4 Å². The summed E-state index contributed by atoms with van der Waals surface area (Å²) >= 11 is 1.26. The Balaban J connectivity index is 1.89. The highest BCUT2D eigenvalue weighted by Gasteiger charge is 2.27. The van der Waals surface area contributed by atoms with Crippen LogP contribution in [0.5, 0.6) is 0 Å². The number of Topliss-reactive ketones (excluding diaryl/α,β-unsaturated/α-hetero) is 1. The van der Waals surface area contributed by atoms with Crippen LogP contribution in [0.1, 0.15) is 50.2 Å². The second-order valence-electron chi connectivity index (χ2n) is 9.03. The van der Waals surface area contributed by atoms with Crippen LogP contribution in [0.3, 0.4) is 0 Å². The molecule has 31 heavy (non-hydrogen) atoms. The zero-order chi connectivity index (χ0) is 22.8. The van der Waals surface area contributed by atoms with Crippen LogP contribution in [0.4, 0.5) is 11.4 Å². The van der Waals surface area contributed by atoms with Gasteiger partial charge in [-0.15, -0.1) is 11.3 Å². The van der Waals surface area contributed by atoms with Gasteiger partial charge in [-0.3, -0.25) is 4.79 Å². The maximum Gasteiger partial charge on any atom is 0.169 e. The van der Waals surface area contributed by atoms with Gasteiger partial charge in [0.2, 0.25) is 0 Å². The molecule has 5 nitrogen and oxygen atoms in total. The van der Waals surface area contributed by atoms with E-state index in [1.54, 1.807) is 18.2 Å². The number of nitrogens with zero attached hydrogens (tertiary/aromatic N) is 1. The summed E-state index contributed by atoms with van der Waals surface area (Å²) < 4.78 is 19.2. The van der Waals surface area contributed by atoms with E-state index in [9.17, 15) is 9.00 Å². The number of benzene rings is 1. The van der Waals surface area contributed by atoms with Crippen LogP contribution in [0.15, 0.2) is 51.7 Å². The van der Waals surface area contributed by atoms with Crippen LogP contribution in [-0.4, -0.2) is 29.8 Å². The Bertz CT molecular complexity index is 985. The predicted molar refractivity (Wildman–Crippen MR) is 129 cm³/mol. The molecule has 1 aliphatic rings. The van der Waals surface area contributed by atoms with Crippen molar-refractivity contribution in [2.45, 2.75) is 49.6 Å². The van der Waals surface area contributed by atoms with Crippen LogP contribution < -0.4 is 10.6 Å². The van der Waals surface area contributed by atoms with Gasteiger partial charge in [-0.1, -0.05) is 27.4 Å². The summed E-state index contributed by atoms with van der Waals surface area (Å²) in [6, 6.07) is 9.06. The van der Waals surface area contributed by atoms with E-state index in [1.807, 2.05) is 12.1 Å². The first kappa shape index (κ1) is 23.7. The van der Waals surface area contributed by atoms with Gasteiger partial charge in [0.25, 0.3) is 0 Å². The molecule has 1 atom stereocenters. The number of ketones is 1. The molecule has 1 unspecified atom stereocenters. The van der Waals surface area contributed by atoms with Gasteiger partial charge in [0, 0.05) is 35.8 Å². The average molecular weight is 461 g/mol. The van der Waals surface area contributed by atoms with Crippen molar-refractivity contribution in [3.05, 3.63) is 47.5 Å². The minimum absolute atomic E-state index is 0.0208. The fourth-order valence-electron chi connectivity index (χ4n) is 3.56. The van der Waals surface area contributed by atoms with Crippen molar-refractivity contribution in [2.24, 2.45) is 11.3 Å². The zero-order valence-electron chi connectivity index (χ0n) is 18.8. The van der Waals surface area contributed by atoms with Crippen molar-refractivity contribution in [1.29, 1.82) is 0 Å². The molecule has 1 aliphatic heterocycles. The maximum atomic E-state index is 13.0. The molecule has 0 spiro atoms. The molecule has 0 saturated carbocycles. The van der Waals surface area contributed by atoms with E-state index in [4.69, 9.17) is 10.5 Å². The van der Waals surface area contributed by atoms with Gasteiger partial charge < -0.3 is 15.4 Å². The number of ether oxygens (including phenoxy) is 1. The number of allylic oxidation sites excluding steroid dienone is 1. The number of anilines is 2. The molecular formula is C24H32N2O3S2. The predicted octanol–water partition coefficient (Wildman–Crippen LogP) is 5.49. The number of thiophene rings is 1. The summed E-state index contributed by atoms with van der Waals surface area (Å²) in [5, 5.41) is 0. The first-order chi connectivity index (χ1) is 14.6. The summed E-state index contributed by atoms with van der Waals surface area (Å²) in [7, 11) is -1.38. The molecule has 7 heteroatoms. The Hall–Kier alpha value is -1.96. The number of carbonyl (C=O) groups excluding carboxylic acids is 1. The van der Waals surface area contributed by atoms with Crippen molar-refractivity contribution in [1.82, 2.24) is 0 Å². The lowest BCUT2D eigenvalue weighted by molar-refractivity contribution is 0.0684. The van der Waals surface area contributed by atoms with Gasteiger partial charge in [0.1, 0.15) is 0 Å². The Morgan fingerprint density at radius 1 is 1.26 bits per heavy atom. The summed E-state index contributed by atoms with van der Waals surface area (Å²) in [6.07, 6.45) is 2.04. The molecule has 0 amide bonds. The van der Waals surface area contributed by atoms with Gasteiger partial charge in [-0.05, 0) is 56.0 Å². The topological polar surface area (TPSA) is 72.6 Å². The average Bonchev–Trinajstić information content (AvgIpc) is 3.22. The lowest BCUT2D eigenvalue weighted by Gasteiger charge is -2.38.